The average molecular weight is 212 g/mol. The third-order valence-electron chi connectivity index (χ3n) is 2.26. The van der Waals surface area contributed by atoms with E-state index in [1.807, 2.05) is 12.1 Å². The molecule has 3 aromatic heterocycles. The summed E-state index contributed by atoms with van der Waals surface area (Å²) in [5.74, 6) is 0.218. The number of fused-ring (bicyclic) bond motifs is 1. The van der Waals surface area contributed by atoms with E-state index in [1.54, 1.807) is 18.6 Å². The Kier molecular flexibility index (Phi) is 1.79. The van der Waals surface area contributed by atoms with Gasteiger partial charge in [0, 0.05) is 18.0 Å². The van der Waals surface area contributed by atoms with E-state index in [9.17, 15) is 0 Å². The second-order valence-corrected chi connectivity index (χ2v) is 3.30. The van der Waals surface area contributed by atoms with Gasteiger partial charge in [0.25, 0.3) is 0 Å². The molecule has 0 bridgehead atoms. The van der Waals surface area contributed by atoms with Gasteiger partial charge in [-0.2, -0.15) is 10.1 Å². The summed E-state index contributed by atoms with van der Waals surface area (Å²) in [6.45, 7) is 0. The van der Waals surface area contributed by atoms with Crippen molar-refractivity contribution in [2.24, 2.45) is 0 Å². The lowest BCUT2D eigenvalue weighted by atomic mass is 10.1. The minimum Gasteiger partial charge on any atom is -0.368 e. The number of anilines is 1. The fourth-order valence-corrected chi connectivity index (χ4v) is 1.58. The van der Waals surface area contributed by atoms with Crippen molar-refractivity contribution in [2.75, 3.05) is 5.73 Å². The Morgan fingerprint density at radius 2 is 2.12 bits per heavy atom. The maximum Gasteiger partial charge on any atom is 0.222 e. The van der Waals surface area contributed by atoms with E-state index in [0.717, 1.165) is 16.6 Å². The van der Waals surface area contributed by atoms with Crippen molar-refractivity contribution < 1.29 is 0 Å². The van der Waals surface area contributed by atoms with Crippen LogP contribution in [0.1, 0.15) is 0 Å². The number of H-pyrrole nitrogens is 1. The van der Waals surface area contributed by atoms with Gasteiger partial charge in [-0.1, -0.05) is 0 Å². The van der Waals surface area contributed by atoms with E-state index < -0.39 is 0 Å². The van der Waals surface area contributed by atoms with Crippen LogP contribution in [0.4, 0.5) is 5.95 Å². The van der Waals surface area contributed by atoms with Gasteiger partial charge in [-0.3, -0.25) is 10.1 Å². The number of hydrogen-bond acceptors (Lipinski definition) is 5. The fraction of sp³-hybridized carbons (Fsp3) is 0. The van der Waals surface area contributed by atoms with E-state index in [0.29, 0.717) is 5.65 Å². The van der Waals surface area contributed by atoms with Gasteiger partial charge in [0.05, 0.1) is 17.3 Å². The lowest BCUT2D eigenvalue weighted by Gasteiger charge is -2.01. The zero-order valence-electron chi connectivity index (χ0n) is 8.25. The molecular weight excluding hydrogens is 204 g/mol. The van der Waals surface area contributed by atoms with Gasteiger partial charge in [-0.15, -0.1) is 0 Å². The van der Waals surface area contributed by atoms with Crippen molar-refractivity contribution in [3.8, 4) is 11.3 Å². The van der Waals surface area contributed by atoms with E-state index in [2.05, 4.69) is 25.1 Å². The van der Waals surface area contributed by atoms with Crippen molar-refractivity contribution in [3.05, 3.63) is 30.7 Å². The number of pyridine rings is 1. The van der Waals surface area contributed by atoms with Gasteiger partial charge >= 0.3 is 0 Å². The molecule has 3 aromatic rings. The van der Waals surface area contributed by atoms with E-state index in [-0.39, 0.29) is 5.95 Å². The Balaban J connectivity index is 2.34. The van der Waals surface area contributed by atoms with Crippen LogP contribution in [-0.4, -0.2) is 25.1 Å². The summed E-state index contributed by atoms with van der Waals surface area (Å²) in [5.41, 5.74) is 7.89. The van der Waals surface area contributed by atoms with E-state index >= 15 is 0 Å². The molecule has 3 rings (SSSR count). The minimum atomic E-state index is 0.218. The summed E-state index contributed by atoms with van der Waals surface area (Å²) in [6.07, 6.45) is 5.12. The molecule has 3 heterocycles. The molecule has 0 aliphatic rings. The van der Waals surface area contributed by atoms with Gasteiger partial charge in [0.2, 0.25) is 5.95 Å². The third-order valence-corrected chi connectivity index (χ3v) is 2.26. The molecule has 78 valence electrons. The molecule has 0 saturated heterocycles. The molecular formula is C10H8N6. The number of nitrogens with one attached hydrogen (secondary N) is 1. The van der Waals surface area contributed by atoms with Crippen LogP contribution in [0.25, 0.3) is 22.3 Å². The van der Waals surface area contributed by atoms with E-state index in [4.69, 9.17) is 5.73 Å². The van der Waals surface area contributed by atoms with Crippen LogP contribution in [0.5, 0.6) is 0 Å². The van der Waals surface area contributed by atoms with Crippen LogP contribution in [0.15, 0.2) is 30.7 Å². The maximum atomic E-state index is 5.63. The summed E-state index contributed by atoms with van der Waals surface area (Å²) >= 11 is 0. The highest BCUT2D eigenvalue weighted by Crippen LogP contribution is 2.24. The van der Waals surface area contributed by atoms with Crippen molar-refractivity contribution in [2.45, 2.75) is 0 Å². The summed E-state index contributed by atoms with van der Waals surface area (Å²) in [4.78, 5) is 12.3. The smallest absolute Gasteiger partial charge is 0.222 e. The van der Waals surface area contributed by atoms with Crippen LogP contribution in [-0.2, 0) is 0 Å². The summed E-state index contributed by atoms with van der Waals surface area (Å²) in [6, 6.07) is 3.76. The molecule has 0 aliphatic heterocycles. The summed E-state index contributed by atoms with van der Waals surface area (Å²) < 4.78 is 0. The zero-order chi connectivity index (χ0) is 11.0. The summed E-state index contributed by atoms with van der Waals surface area (Å²) in [7, 11) is 0. The quantitative estimate of drug-likeness (QED) is 0.627. The molecule has 0 saturated carbocycles. The molecule has 6 heteroatoms. The van der Waals surface area contributed by atoms with Crippen molar-refractivity contribution in [3.63, 3.8) is 0 Å². The van der Waals surface area contributed by atoms with Crippen LogP contribution < -0.4 is 5.73 Å². The predicted octanol–water partition coefficient (Wildman–Crippen LogP) is 0.997. The molecule has 6 nitrogen and oxygen atoms in total. The number of aromatic amines is 1. The highest BCUT2D eigenvalue weighted by Gasteiger charge is 2.09. The first kappa shape index (κ1) is 8.78. The Bertz CT molecular complexity index is 630. The van der Waals surface area contributed by atoms with Gasteiger partial charge in [-0.05, 0) is 12.1 Å². The molecule has 0 fully saturated rings. The second-order valence-electron chi connectivity index (χ2n) is 3.30. The first-order valence-electron chi connectivity index (χ1n) is 4.71. The van der Waals surface area contributed by atoms with Gasteiger partial charge < -0.3 is 5.73 Å². The minimum absolute atomic E-state index is 0.218. The molecule has 0 spiro atoms. The molecule has 0 unspecified atom stereocenters. The number of nitrogens with zero attached hydrogens (tertiary/aromatic N) is 4. The predicted molar refractivity (Wildman–Crippen MR) is 59.3 cm³/mol. The van der Waals surface area contributed by atoms with Crippen LogP contribution in [0, 0.1) is 0 Å². The van der Waals surface area contributed by atoms with Crippen molar-refractivity contribution >= 4 is 17.0 Å². The molecule has 0 radical (unpaired) electrons. The number of rotatable bonds is 1. The Morgan fingerprint density at radius 1 is 1.19 bits per heavy atom. The van der Waals surface area contributed by atoms with E-state index in [1.165, 1.54) is 0 Å². The van der Waals surface area contributed by atoms with Crippen LogP contribution in [0.2, 0.25) is 0 Å². The largest absolute Gasteiger partial charge is 0.368 e. The lowest BCUT2D eigenvalue weighted by Crippen LogP contribution is -1.97. The standard InChI is InChI=1S/C10H8N6/c11-10-14-8(6-2-1-3-12-4-6)7-5-13-16-9(7)15-10/h1-5H,(H3,11,13,14,15,16). The third kappa shape index (κ3) is 1.28. The van der Waals surface area contributed by atoms with Gasteiger partial charge in [0.15, 0.2) is 5.65 Å². The van der Waals surface area contributed by atoms with Crippen molar-refractivity contribution in [1.82, 2.24) is 25.1 Å². The number of aromatic nitrogens is 5. The number of nitrogens with two attached hydrogens (primary N) is 1. The average Bonchev–Trinajstić information content (AvgIpc) is 2.77. The van der Waals surface area contributed by atoms with Crippen LogP contribution >= 0.6 is 0 Å². The Hall–Kier alpha value is -2.50. The Morgan fingerprint density at radius 3 is 2.94 bits per heavy atom. The fourth-order valence-electron chi connectivity index (χ4n) is 1.58. The normalized spacial score (nSPS) is 10.8. The first-order valence-corrected chi connectivity index (χ1v) is 4.71. The highest BCUT2D eigenvalue weighted by molar-refractivity contribution is 5.90. The second kappa shape index (κ2) is 3.27. The maximum absolute atomic E-state index is 5.63. The molecule has 3 N–H and O–H groups in total. The first-order chi connectivity index (χ1) is 7.84. The molecule has 0 aromatic carbocycles. The zero-order valence-corrected chi connectivity index (χ0v) is 8.25. The Labute approximate surface area is 90.6 Å². The van der Waals surface area contributed by atoms with Crippen molar-refractivity contribution in [1.29, 1.82) is 0 Å². The molecule has 0 amide bonds. The number of hydrogen-bond donors (Lipinski definition) is 2. The summed E-state index contributed by atoms with van der Waals surface area (Å²) in [5, 5.41) is 7.53. The molecule has 16 heavy (non-hydrogen) atoms. The van der Waals surface area contributed by atoms with Gasteiger partial charge in [-0.25, -0.2) is 4.98 Å². The SMILES string of the molecule is Nc1nc(-c2cccnc2)c2cn[nH]c2n1. The van der Waals surface area contributed by atoms with Gasteiger partial charge in [0.1, 0.15) is 0 Å². The monoisotopic (exact) mass is 212 g/mol. The highest BCUT2D eigenvalue weighted by atomic mass is 15.2. The lowest BCUT2D eigenvalue weighted by molar-refractivity contribution is 1.09. The molecule has 0 atom stereocenters. The topological polar surface area (TPSA) is 93.4 Å². The van der Waals surface area contributed by atoms with Crippen LogP contribution in [0.3, 0.4) is 0 Å². The number of nitrogen functional groups attached to an aromatic ring is 1. The molecule has 0 aliphatic carbocycles.